The highest BCUT2D eigenvalue weighted by molar-refractivity contribution is 5.13. The van der Waals surface area contributed by atoms with Gasteiger partial charge in [0.25, 0.3) is 0 Å². The normalized spacial score (nSPS) is 27.6. The molecule has 0 aliphatic heterocycles. The van der Waals surface area contributed by atoms with E-state index in [1.807, 2.05) is 18.2 Å². The predicted octanol–water partition coefficient (Wildman–Crippen LogP) is 3.45. The summed E-state index contributed by atoms with van der Waals surface area (Å²) in [6.07, 6.45) is 6.75. The Labute approximate surface area is 121 Å². The van der Waals surface area contributed by atoms with Crippen LogP contribution in [0.3, 0.4) is 0 Å². The van der Waals surface area contributed by atoms with Crippen molar-refractivity contribution in [1.29, 1.82) is 0 Å². The van der Waals surface area contributed by atoms with Gasteiger partial charge in [-0.05, 0) is 31.7 Å². The van der Waals surface area contributed by atoms with Crippen LogP contribution in [0.1, 0.15) is 44.6 Å². The average Bonchev–Trinajstić information content (AvgIpc) is 2.99. The highest BCUT2D eigenvalue weighted by Crippen LogP contribution is 2.54. The van der Waals surface area contributed by atoms with Gasteiger partial charge in [0.15, 0.2) is 0 Å². The van der Waals surface area contributed by atoms with Crippen LogP contribution in [-0.2, 0) is 16.2 Å². The maximum Gasteiger partial charge on any atom is 0.0933 e. The van der Waals surface area contributed by atoms with Gasteiger partial charge in [0, 0.05) is 18.1 Å². The molecule has 0 amide bonds. The largest absolute Gasteiger partial charge is 0.378 e. The van der Waals surface area contributed by atoms with Crippen molar-refractivity contribution in [3.05, 3.63) is 35.9 Å². The molecule has 2 aliphatic carbocycles. The van der Waals surface area contributed by atoms with E-state index in [0.29, 0.717) is 24.2 Å². The van der Waals surface area contributed by atoms with Crippen LogP contribution in [0.15, 0.2) is 30.3 Å². The summed E-state index contributed by atoms with van der Waals surface area (Å²) in [6.45, 7) is 3.55. The van der Waals surface area contributed by atoms with Gasteiger partial charge in [0.2, 0.25) is 0 Å². The molecule has 3 rings (SSSR count). The summed E-state index contributed by atoms with van der Waals surface area (Å²) in [5.74, 6) is 0. The zero-order valence-electron chi connectivity index (χ0n) is 12.3. The molecular weight excluding hydrogens is 250 g/mol. The smallest absolute Gasteiger partial charge is 0.0933 e. The maximum absolute atomic E-state index is 5.91. The Morgan fingerprint density at radius 3 is 2.65 bits per heavy atom. The Kier molecular flexibility index (Phi) is 4.39. The predicted molar refractivity (Wildman–Crippen MR) is 79.1 cm³/mol. The van der Waals surface area contributed by atoms with E-state index >= 15 is 0 Å². The first-order chi connectivity index (χ1) is 9.85. The van der Waals surface area contributed by atoms with Crippen molar-refractivity contribution >= 4 is 0 Å². The van der Waals surface area contributed by atoms with E-state index in [1.54, 1.807) is 0 Å². The van der Waals surface area contributed by atoms with E-state index in [9.17, 15) is 0 Å². The van der Waals surface area contributed by atoms with Crippen LogP contribution in [0.5, 0.6) is 0 Å². The SMILES string of the molecule is CCOC1CC(NOCc2ccccc2)C12CCCC2. The minimum atomic E-state index is 0.340. The number of ether oxygens (including phenoxy) is 1. The van der Waals surface area contributed by atoms with Crippen molar-refractivity contribution in [2.45, 2.75) is 57.8 Å². The summed E-state index contributed by atoms with van der Waals surface area (Å²) in [6, 6.07) is 10.8. The van der Waals surface area contributed by atoms with Gasteiger partial charge in [-0.3, -0.25) is 4.84 Å². The van der Waals surface area contributed by atoms with Gasteiger partial charge < -0.3 is 4.74 Å². The van der Waals surface area contributed by atoms with E-state index in [1.165, 1.54) is 31.2 Å². The lowest BCUT2D eigenvalue weighted by atomic mass is 9.61. The average molecular weight is 275 g/mol. The second kappa shape index (κ2) is 6.25. The van der Waals surface area contributed by atoms with Gasteiger partial charge in [-0.15, -0.1) is 0 Å². The number of rotatable bonds is 6. The fourth-order valence-electron chi connectivity index (χ4n) is 3.85. The van der Waals surface area contributed by atoms with Crippen LogP contribution in [0.25, 0.3) is 0 Å². The Morgan fingerprint density at radius 2 is 1.95 bits per heavy atom. The van der Waals surface area contributed by atoms with Crippen LogP contribution in [0, 0.1) is 5.41 Å². The Balaban J connectivity index is 1.51. The highest BCUT2D eigenvalue weighted by Gasteiger charge is 2.56. The lowest BCUT2D eigenvalue weighted by Crippen LogP contribution is -2.62. The topological polar surface area (TPSA) is 30.5 Å². The molecule has 0 saturated heterocycles. The van der Waals surface area contributed by atoms with Gasteiger partial charge in [0.1, 0.15) is 0 Å². The van der Waals surface area contributed by atoms with Gasteiger partial charge in [-0.25, -0.2) is 0 Å². The molecule has 0 heterocycles. The second-order valence-corrected chi connectivity index (χ2v) is 6.06. The van der Waals surface area contributed by atoms with Crippen LogP contribution in [-0.4, -0.2) is 18.8 Å². The third-order valence-corrected chi connectivity index (χ3v) is 4.99. The van der Waals surface area contributed by atoms with Crippen LogP contribution in [0.2, 0.25) is 0 Å². The first-order valence-electron chi connectivity index (χ1n) is 7.88. The third-order valence-electron chi connectivity index (χ3n) is 4.99. The molecule has 3 heteroatoms. The fraction of sp³-hybridized carbons (Fsp3) is 0.647. The Bertz CT molecular complexity index is 414. The van der Waals surface area contributed by atoms with Crippen LogP contribution >= 0.6 is 0 Å². The van der Waals surface area contributed by atoms with E-state index in [4.69, 9.17) is 9.57 Å². The molecule has 2 unspecified atom stereocenters. The first kappa shape index (κ1) is 14.1. The van der Waals surface area contributed by atoms with Crippen LogP contribution in [0.4, 0.5) is 0 Å². The molecule has 110 valence electrons. The molecule has 1 aromatic carbocycles. The van der Waals surface area contributed by atoms with E-state index in [2.05, 4.69) is 24.5 Å². The molecule has 1 spiro atoms. The summed E-state index contributed by atoms with van der Waals surface area (Å²) in [5.41, 5.74) is 4.86. The summed E-state index contributed by atoms with van der Waals surface area (Å²) >= 11 is 0. The van der Waals surface area contributed by atoms with E-state index in [-0.39, 0.29) is 0 Å². The fourth-order valence-corrected chi connectivity index (χ4v) is 3.85. The monoisotopic (exact) mass is 275 g/mol. The molecule has 1 N–H and O–H groups in total. The van der Waals surface area contributed by atoms with Gasteiger partial charge in [-0.1, -0.05) is 43.2 Å². The number of hydrogen-bond acceptors (Lipinski definition) is 3. The molecule has 2 atom stereocenters. The zero-order valence-corrected chi connectivity index (χ0v) is 12.3. The van der Waals surface area contributed by atoms with Gasteiger partial charge >= 0.3 is 0 Å². The zero-order chi connectivity index (χ0) is 13.8. The standard InChI is InChI=1S/C17H25NO2/c1-2-19-16-12-15(17(16)10-6-7-11-17)18-20-13-14-8-4-3-5-9-14/h3-5,8-9,15-16,18H,2,6-7,10-13H2,1H3. The van der Waals surface area contributed by atoms with Gasteiger partial charge in [-0.2, -0.15) is 5.48 Å². The van der Waals surface area contributed by atoms with Crippen molar-refractivity contribution in [3.8, 4) is 0 Å². The van der Waals surface area contributed by atoms with Crippen molar-refractivity contribution in [2.24, 2.45) is 5.41 Å². The van der Waals surface area contributed by atoms with Crippen LogP contribution < -0.4 is 5.48 Å². The summed E-state index contributed by atoms with van der Waals surface area (Å²) in [4.78, 5) is 5.73. The molecular formula is C17H25NO2. The molecule has 2 aliphatic rings. The van der Waals surface area contributed by atoms with Gasteiger partial charge in [0.05, 0.1) is 12.7 Å². The molecule has 0 radical (unpaired) electrons. The Morgan fingerprint density at radius 1 is 1.20 bits per heavy atom. The van der Waals surface area contributed by atoms with Crippen molar-refractivity contribution in [2.75, 3.05) is 6.61 Å². The summed E-state index contributed by atoms with van der Waals surface area (Å²) in [5, 5.41) is 0. The maximum atomic E-state index is 5.91. The molecule has 20 heavy (non-hydrogen) atoms. The molecule has 3 nitrogen and oxygen atoms in total. The number of hydrogen-bond donors (Lipinski definition) is 1. The summed E-state index contributed by atoms with van der Waals surface area (Å²) in [7, 11) is 0. The highest BCUT2D eigenvalue weighted by atomic mass is 16.6. The molecule has 1 aromatic rings. The van der Waals surface area contributed by atoms with Crippen molar-refractivity contribution in [1.82, 2.24) is 5.48 Å². The van der Waals surface area contributed by atoms with E-state index in [0.717, 1.165) is 13.0 Å². The lowest BCUT2D eigenvalue weighted by molar-refractivity contribution is -0.170. The van der Waals surface area contributed by atoms with E-state index < -0.39 is 0 Å². The second-order valence-electron chi connectivity index (χ2n) is 6.06. The quantitative estimate of drug-likeness (QED) is 0.807. The number of hydroxylamine groups is 1. The van der Waals surface area contributed by atoms with Crippen molar-refractivity contribution < 1.29 is 9.57 Å². The molecule has 0 aromatic heterocycles. The minimum Gasteiger partial charge on any atom is -0.378 e. The summed E-state index contributed by atoms with van der Waals surface area (Å²) < 4.78 is 5.91. The molecule has 0 bridgehead atoms. The minimum absolute atomic E-state index is 0.340. The lowest BCUT2D eigenvalue weighted by Gasteiger charge is -2.53. The number of benzene rings is 1. The van der Waals surface area contributed by atoms with Crippen molar-refractivity contribution in [3.63, 3.8) is 0 Å². The Hall–Kier alpha value is -0.900. The molecule has 2 fully saturated rings. The molecule has 2 saturated carbocycles. The first-order valence-corrected chi connectivity index (χ1v) is 7.88. The number of nitrogens with one attached hydrogen (secondary N) is 1. The third kappa shape index (κ3) is 2.62.